The minimum Gasteiger partial charge on any atom is -0.449 e. The Morgan fingerprint density at radius 1 is 1.08 bits per heavy atom. The van der Waals surface area contributed by atoms with Gasteiger partial charge in [-0.05, 0) is 56.2 Å². The van der Waals surface area contributed by atoms with Crippen molar-refractivity contribution in [3.05, 3.63) is 63.1 Å². The molecule has 0 aliphatic carbocycles. The first-order valence-corrected chi connectivity index (χ1v) is 8.07. The number of benzene rings is 2. The molecule has 0 aromatic heterocycles. The van der Waals surface area contributed by atoms with Gasteiger partial charge in [0.15, 0.2) is 6.10 Å². The number of rotatable bonds is 4. The Kier molecular flexibility index (Phi) is 5.86. The van der Waals surface area contributed by atoms with E-state index in [0.717, 1.165) is 11.1 Å². The number of ether oxygens (including phenoxy) is 1. The molecule has 1 N–H and O–H groups in total. The predicted molar refractivity (Wildman–Crippen MR) is 95.9 cm³/mol. The summed E-state index contributed by atoms with van der Waals surface area (Å²) in [4.78, 5) is 24.4. The molecule has 1 amide bonds. The van der Waals surface area contributed by atoms with E-state index >= 15 is 0 Å². The molecule has 0 aliphatic heterocycles. The molecule has 0 spiro atoms. The van der Waals surface area contributed by atoms with E-state index in [1.165, 1.54) is 6.92 Å². The van der Waals surface area contributed by atoms with Crippen molar-refractivity contribution in [2.45, 2.75) is 26.9 Å². The van der Waals surface area contributed by atoms with Crippen LogP contribution >= 0.6 is 23.2 Å². The SMILES string of the molecule is Cc1cccc(C(=O)O[C@@H](C)C(=O)Nc2cc(Cl)cc(Cl)c2)c1C. The third kappa shape index (κ3) is 4.49. The van der Waals surface area contributed by atoms with Crippen molar-refractivity contribution in [2.75, 3.05) is 5.32 Å². The van der Waals surface area contributed by atoms with E-state index in [4.69, 9.17) is 27.9 Å². The summed E-state index contributed by atoms with van der Waals surface area (Å²) in [5.41, 5.74) is 2.69. The smallest absolute Gasteiger partial charge is 0.339 e. The van der Waals surface area contributed by atoms with E-state index in [1.807, 2.05) is 19.9 Å². The minimum absolute atomic E-state index is 0.401. The third-order valence-electron chi connectivity index (χ3n) is 3.61. The molecule has 0 saturated carbocycles. The molecule has 2 rings (SSSR count). The van der Waals surface area contributed by atoms with Gasteiger partial charge in [-0.15, -0.1) is 0 Å². The molecular weight excluding hydrogens is 349 g/mol. The van der Waals surface area contributed by atoms with Crippen molar-refractivity contribution >= 4 is 40.8 Å². The molecule has 0 unspecified atom stereocenters. The molecule has 0 radical (unpaired) electrons. The lowest BCUT2D eigenvalue weighted by Gasteiger charge is -2.15. The van der Waals surface area contributed by atoms with Gasteiger partial charge in [0.1, 0.15) is 0 Å². The molecule has 1 atom stereocenters. The van der Waals surface area contributed by atoms with Crippen LogP contribution in [0.5, 0.6) is 0 Å². The molecule has 2 aromatic rings. The number of carbonyl (C=O) groups is 2. The van der Waals surface area contributed by atoms with Gasteiger partial charge < -0.3 is 10.1 Å². The highest BCUT2D eigenvalue weighted by molar-refractivity contribution is 6.35. The molecule has 24 heavy (non-hydrogen) atoms. The summed E-state index contributed by atoms with van der Waals surface area (Å²) in [6, 6.07) is 10.0. The number of halogens is 2. The van der Waals surface area contributed by atoms with Gasteiger partial charge in [0.25, 0.3) is 5.91 Å². The monoisotopic (exact) mass is 365 g/mol. The minimum atomic E-state index is -0.963. The van der Waals surface area contributed by atoms with Gasteiger partial charge >= 0.3 is 5.97 Å². The highest BCUT2D eigenvalue weighted by atomic mass is 35.5. The second-order valence-corrected chi connectivity index (χ2v) is 6.32. The summed E-state index contributed by atoms with van der Waals surface area (Å²) in [5.74, 6) is -1.00. The fourth-order valence-electron chi connectivity index (χ4n) is 2.12. The number of aryl methyl sites for hydroxylation is 1. The van der Waals surface area contributed by atoms with Gasteiger partial charge in [-0.3, -0.25) is 4.79 Å². The predicted octanol–water partition coefficient (Wildman–Crippen LogP) is 4.79. The van der Waals surface area contributed by atoms with E-state index in [-0.39, 0.29) is 0 Å². The van der Waals surface area contributed by atoms with Gasteiger partial charge in [-0.2, -0.15) is 0 Å². The molecular formula is C18H17Cl2NO3. The Labute approximate surface area is 150 Å². The second kappa shape index (κ2) is 7.69. The van der Waals surface area contributed by atoms with Gasteiger partial charge in [0.05, 0.1) is 5.56 Å². The van der Waals surface area contributed by atoms with Crippen LogP contribution in [0.3, 0.4) is 0 Å². The highest BCUT2D eigenvalue weighted by Crippen LogP contribution is 2.23. The van der Waals surface area contributed by atoms with Crippen LogP contribution in [0.2, 0.25) is 10.0 Å². The Balaban J connectivity index is 2.05. The molecule has 0 bridgehead atoms. The topological polar surface area (TPSA) is 55.4 Å². The maximum Gasteiger partial charge on any atom is 0.339 e. The summed E-state index contributed by atoms with van der Waals surface area (Å²) in [7, 11) is 0. The number of hydrogen-bond acceptors (Lipinski definition) is 3. The molecule has 6 heteroatoms. The lowest BCUT2D eigenvalue weighted by atomic mass is 10.0. The molecule has 126 valence electrons. The Morgan fingerprint density at radius 3 is 2.33 bits per heavy atom. The number of hydrogen-bond donors (Lipinski definition) is 1. The lowest BCUT2D eigenvalue weighted by Crippen LogP contribution is -2.30. The molecule has 0 aliphatic rings. The quantitative estimate of drug-likeness (QED) is 0.792. The van der Waals surface area contributed by atoms with Crippen LogP contribution < -0.4 is 5.32 Å². The number of nitrogens with one attached hydrogen (secondary N) is 1. The summed E-state index contributed by atoms with van der Waals surface area (Å²) in [6.07, 6.45) is -0.963. The van der Waals surface area contributed by atoms with Crippen molar-refractivity contribution in [2.24, 2.45) is 0 Å². The molecule has 0 saturated heterocycles. The van der Waals surface area contributed by atoms with Crippen molar-refractivity contribution in [1.29, 1.82) is 0 Å². The van der Waals surface area contributed by atoms with E-state index in [1.54, 1.807) is 30.3 Å². The van der Waals surface area contributed by atoms with E-state index < -0.39 is 18.0 Å². The second-order valence-electron chi connectivity index (χ2n) is 5.44. The zero-order valence-electron chi connectivity index (χ0n) is 13.5. The summed E-state index contributed by atoms with van der Waals surface area (Å²) in [5, 5.41) is 3.42. The first-order valence-electron chi connectivity index (χ1n) is 7.32. The average Bonchev–Trinajstić information content (AvgIpc) is 2.48. The fourth-order valence-corrected chi connectivity index (χ4v) is 2.65. The third-order valence-corrected chi connectivity index (χ3v) is 4.04. The van der Waals surface area contributed by atoms with E-state index in [0.29, 0.717) is 21.3 Å². The summed E-state index contributed by atoms with van der Waals surface area (Å²) < 4.78 is 5.25. The zero-order chi connectivity index (χ0) is 17.9. The first-order chi connectivity index (χ1) is 11.3. The van der Waals surface area contributed by atoms with Gasteiger partial charge in [0, 0.05) is 15.7 Å². The van der Waals surface area contributed by atoms with E-state index in [2.05, 4.69) is 5.32 Å². The van der Waals surface area contributed by atoms with Gasteiger partial charge in [-0.1, -0.05) is 35.3 Å². The van der Waals surface area contributed by atoms with E-state index in [9.17, 15) is 9.59 Å². The van der Waals surface area contributed by atoms with Gasteiger partial charge in [-0.25, -0.2) is 4.79 Å². The highest BCUT2D eigenvalue weighted by Gasteiger charge is 2.20. The van der Waals surface area contributed by atoms with Crippen molar-refractivity contribution in [3.63, 3.8) is 0 Å². The Morgan fingerprint density at radius 2 is 1.71 bits per heavy atom. The van der Waals surface area contributed by atoms with Crippen molar-refractivity contribution in [1.82, 2.24) is 0 Å². The average molecular weight is 366 g/mol. The Hall–Kier alpha value is -2.04. The van der Waals surface area contributed by atoms with Crippen LogP contribution in [0.4, 0.5) is 5.69 Å². The van der Waals surface area contributed by atoms with Crippen molar-refractivity contribution in [3.8, 4) is 0 Å². The fraction of sp³-hybridized carbons (Fsp3) is 0.222. The normalized spacial score (nSPS) is 11.7. The number of anilines is 1. The van der Waals surface area contributed by atoms with Crippen LogP contribution in [0, 0.1) is 13.8 Å². The first kappa shape index (κ1) is 18.3. The van der Waals surface area contributed by atoms with Crippen LogP contribution in [-0.4, -0.2) is 18.0 Å². The number of amides is 1. The number of carbonyl (C=O) groups excluding carboxylic acids is 2. The lowest BCUT2D eigenvalue weighted by molar-refractivity contribution is -0.123. The summed E-state index contributed by atoms with van der Waals surface area (Å²) >= 11 is 11.8. The van der Waals surface area contributed by atoms with Crippen LogP contribution in [0.25, 0.3) is 0 Å². The van der Waals surface area contributed by atoms with Crippen molar-refractivity contribution < 1.29 is 14.3 Å². The number of esters is 1. The maximum absolute atomic E-state index is 12.2. The van der Waals surface area contributed by atoms with Gasteiger partial charge in [0.2, 0.25) is 0 Å². The molecule has 0 heterocycles. The molecule has 0 fully saturated rings. The standard InChI is InChI=1S/C18H17Cl2NO3/c1-10-5-4-6-16(11(10)2)18(23)24-12(3)17(22)21-15-8-13(19)7-14(20)9-15/h4-9,12H,1-3H3,(H,21,22)/t12-/m0/s1. The largest absolute Gasteiger partial charge is 0.449 e. The maximum atomic E-state index is 12.2. The molecule has 2 aromatic carbocycles. The summed E-state index contributed by atoms with van der Waals surface area (Å²) in [6.45, 7) is 5.25. The van der Waals surface area contributed by atoms with Crippen LogP contribution in [-0.2, 0) is 9.53 Å². The zero-order valence-corrected chi connectivity index (χ0v) is 15.0. The molecule has 4 nitrogen and oxygen atoms in total. The van der Waals surface area contributed by atoms with Crippen LogP contribution in [0.1, 0.15) is 28.4 Å². The Bertz CT molecular complexity index is 770. The van der Waals surface area contributed by atoms with Crippen LogP contribution in [0.15, 0.2) is 36.4 Å².